The van der Waals surface area contributed by atoms with Crippen molar-refractivity contribution in [2.75, 3.05) is 23.0 Å². The minimum absolute atomic E-state index is 0.0378. The number of hydrogen-bond acceptors (Lipinski definition) is 6. The molecule has 6 nitrogen and oxygen atoms in total. The van der Waals surface area contributed by atoms with E-state index in [9.17, 15) is 8.42 Å². The summed E-state index contributed by atoms with van der Waals surface area (Å²) in [5.74, 6) is 1.12. The quantitative estimate of drug-likeness (QED) is 0.897. The van der Waals surface area contributed by atoms with Gasteiger partial charge in [-0.05, 0) is 27.7 Å². The average Bonchev–Trinajstić information content (AvgIpc) is 2.35. The lowest BCUT2D eigenvalue weighted by molar-refractivity contribution is 0.421. The van der Waals surface area contributed by atoms with Crippen LogP contribution in [0.15, 0.2) is 12.4 Å². The van der Waals surface area contributed by atoms with E-state index in [0.29, 0.717) is 13.1 Å². The number of aromatic nitrogens is 2. The van der Waals surface area contributed by atoms with Crippen molar-refractivity contribution in [3.8, 4) is 0 Å². The molecule has 0 saturated carbocycles. The number of hydrogen-bond donors (Lipinski definition) is 1. The van der Waals surface area contributed by atoms with Gasteiger partial charge in [0.05, 0.1) is 29.6 Å². The minimum Gasteiger partial charge on any atom is -0.351 e. The fourth-order valence-electron chi connectivity index (χ4n) is 2.28. The molecule has 0 aliphatic carbocycles. The first-order chi connectivity index (χ1) is 9.66. The van der Waals surface area contributed by atoms with E-state index in [1.165, 1.54) is 0 Å². The summed E-state index contributed by atoms with van der Waals surface area (Å²) in [6.07, 6.45) is 3.48. The Morgan fingerprint density at radius 3 is 2.57 bits per heavy atom. The first kappa shape index (κ1) is 16.2. The van der Waals surface area contributed by atoms with Crippen LogP contribution in [0.5, 0.6) is 0 Å². The third-order valence-corrected chi connectivity index (χ3v) is 5.25. The molecule has 0 spiro atoms. The van der Waals surface area contributed by atoms with Crippen molar-refractivity contribution in [1.29, 1.82) is 0 Å². The maximum atomic E-state index is 11.6. The van der Waals surface area contributed by atoms with E-state index in [1.807, 2.05) is 11.8 Å². The van der Waals surface area contributed by atoms with E-state index in [0.717, 1.165) is 11.5 Å². The van der Waals surface area contributed by atoms with Crippen molar-refractivity contribution in [2.45, 2.75) is 45.8 Å². The average molecular weight is 312 g/mol. The number of nitrogens with one attached hydrogen (secondary N) is 1. The molecule has 1 atom stereocenters. The molecule has 1 aliphatic heterocycles. The molecule has 118 valence electrons. The van der Waals surface area contributed by atoms with Crippen LogP contribution in [0.4, 0.5) is 5.82 Å². The third kappa shape index (κ3) is 4.64. The van der Waals surface area contributed by atoms with Gasteiger partial charge in [-0.25, -0.2) is 13.4 Å². The molecule has 1 aromatic heterocycles. The summed E-state index contributed by atoms with van der Waals surface area (Å²) in [6, 6.07) is -0.0587. The SMILES string of the molecule is CC1CS(=O)(=O)CCN1c1cnc(CNC(C)(C)C)cn1. The van der Waals surface area contributed by atoms with Gasteiger partial charge in [-0.2, -0.15) is 0 Å². The molecule has 1 aliphatic rings. The summed E-state index contributed by atoms with van der Waals surface area (Å²) in [4.78, 5) is 10.9. The Balaban J connectivity index is 2.02. The molecule has 2 rings (SSSR count). The van der Waals surface area contributed by atoms with Gasteiger partial charge < -0.3 is 10.2 Å². The molecule has 1 aromatic rings. The molecule has 0 amide bonds. The zero-order chi connectivity index (χ0) is 15.7. The Bertz CT molecular complexity index is 578. The second-order valence-electron chi connectivity index (χ2n) is 6.63. The van der Waals surface area contributed by atoms with Gasteiger partial charge in [-0.1, -0.05) is 0 Å². The molecule has 1 fully saturated rings. The van der Waals surface area contributed by atoms with E-state index in [4.69, 9.17) is 0 Å². The second-order valence-corrected chi connectivity index (χ2v) is 8.85. The molecule has 0 bridgehead atoms. The summed E-state index contributed by atoms with van der Waals surface area (Å²) in [7, 11) is -2.91. The summed E-state index contributed by atoms with van der Waals surface area (Å²) in [6.45, 7) is 9.37. The first-order valence-corrected chi connectivity index (χ1v) is 9.01. The van der Waals surface area contributed by atoms with Crippen LogP contribution in [0.3, 0.4) is 0 Å². The summed E-state index contributed by atoms with van der Waals surface area (Å²) in [5.41, 5.74) is 0.918. The van der Waals surface area contributed by atoms with Gasteiger partial charge in [0, 0.05) is 24.7 Å². The smallest absolute Gasteiger partial charge is 0.154 e. The number of nitrogens with zero attached hydrogens (tertiary/aromatic N) is 3. The second kappa shape index (κ2) is 5.88. The predicted molar refractivity (Wildman–Crippen MR) is 84.1 cm³/mol. The Morgan fingerprint density at radius 1 is 1.33 bits per heavy atom. The van der Waals surface area contributed by atoms with Crippen LogP contribution in [0, 0.1) is 0 Å². The van der Waals surface area contributed by atoms with Crippen molar-refractivity contribution < 1.29 is 8.42 Å². The van der Waals surface area contributed by atoms with Crippen LogP contribution in [0.25, 0.3) is 0 Å². The normalized spacial score (nSPS) is 22.3. The third-order valence-electron chi connectivity index (χ3n) is 3.46. The lowest BCUT2D eigenvalue weighted by Gasteiger charge is -2.33. The Hall–Kier alpha value is -1.21. The van der Waals surface area contributed by atoms with E-state index >= 15 is 0 Å². The number of rotatable bonds is 3. The van der Waals surface area contributed by atoms with E-state index in [-0.39, 0.29) is 23.1 Å². The molecular formula is C14H24N4O2S. The Morgan fingerprint density at radius 2 is 2.05 bits per heavy atom. The molecule has 2 heterocycles. The van der Waals surface area contributed by atoms with Crippen molar-refractivity contribution >= 4 is 15.7 Å². The number of sulfone groups is 1. The molecule has 1 N–H and O–H groups in total. The number of anilines is 1. The lowest BCUT2D eigenvalue weighted by atomic mass is 10.1. The van der Waals surface area contributed by atoms with Gasteiger partial charge in [-0.3, -0.25) is 4.98 Å². The fraction of sp³-hybridized carbons (Fsp3) is 0.714. The molecule has 7 heteroatoms. The molecular weight excluding hydrogens is 288 g/mol. The molecule has 0 radical (unpaired) electrons. The van der Waals surface area contributed by atoms with Crippen LogP contribution in [0.2, 0.25) is 0 Å². The molecule has 1 unspecified atom stereocenters. The van der Waals surface area contributed by atoms with Gasteiger partial charge in [0.25, 0.3) is 0 Å². The summed E-state index contributed by atoms with van der Waals surface area (Å²) >= 11 is 0. The largest absolute Gasteiger partial charge is 0.351 e. The van der Waals surface area contributed by atoms with Gasteiger partial charge in [0.1, 0.15) is 5.82 Å². The highest BCUT2D eigenvalue weighted by molar-refractivity contribution is 7.91. The highest BCUT2D eigenvalue weighted by Crippen LogP contribution is 2.18. The first-order valence-electron chi connectivity index (χ1n) is 7.19. The molecule has 0 aromatic carbocycles. The van der Waals surface area contributed by atoms with Crippen molar-refractivity contribution in [2.24, 2.45) is 0 Å². The van der Waals surface area contributed by atoms with E-state index < -0.39 is 9.84 Å². The monoisotopic (exact) mass is 312 g/mol. The van der Waals surface area contributed by atoms with Crippen LogP contribution in [-0.2, 0) is 16.4 Å². The van der Waals surface area contributed by atoms with Gasteiger partial charge in [0.15, 0.2) is 9.84 Å². The van der Waals surface area contributed by atoms with Crippen LogP contribution < -0.4 is 10.2 Å². The summed E-state index contributed by atoms with van der Waals surface area (Å²) < 4.78 is 23.2. The minimum atomic E-state index is -2.91. The van der Waals surface area contributed by atoms with Crippen molar-refractivity contribution in [3.05, 3.63) is 18.1 Å². The predicted octanol–water partition coefficient (Wildman–Crippen LogP) is 0.988. The van der Waals surface area contributed by atoms with Crippen molar-refractivity contribution in [3.63, 3.8) is 0 Å². The van der Waals surface area contributed by atoms with Crippen LogP contribution in [0.1, 0.15) is 33.4 Å². The summed E-state index contributed by atoms with van der Waals surface area (Å²) in [5, 5.41) is 3.36. The fourth-order valence-corrected chi connectivity index (χ4v) is 3.84. The van der Waals surface area contributed by atoms with Crippen LogP contribution >= 0.6 is 0 Å². The van der Waals surface area contributed by atoms with Crippen LogP contribution in [-0.4, -0.2) is 48.0 Å². The maximum Gasteiger partial charge on any atom is 0.154 e. The standard InChI is InChI=1S/C14H24N4O2S/c1-11-10-21(19,20)6-5-18(11)13-9-15-12(7-16-13)8-17-14(2,3)4/h7,9,11,17H,5-6,8,10H2,1-4H3. The lowest BCUT2D eigenvalue weighted by Crippen LogP contribution is -2.47. The Labute approximate surface area is 126 Å². The highest BCUT2D eigenvalue weighted by Gasteiger charge is 2.29. The Kier molecular flexibility index (Phi) is 4.53. The topological polar surface area (TPSA) is 75.2 Å². The van der Waals surface area contributed by atoms with E-state index in [2.05, 4.69) is 36.1 Å². The van der Waals surface area contributed by atoms with Crippen molar-refractivity contribution in [1.82, 2.24) is 15.3 Å². The molecule has 21 heavy (non-hydrogen) atoms. The van der Waals surface area contributed by atoms with Gasteiger partial charge in [-0.15, -0.1) is 0 Å². The molecule has 1 saturated heterocycles. The van der Waals surface area contributed by atoms with E-state index in [1.54, 1.807) is 12.4 Å². The highest BCUT2D eigenvalue weighted by atomic mass is 32.2. The van der Waals surface area contributed by atoms with Gasteiger partial charge >= 0.3 is 0 Å². The zero-order valence-electron chi connectivity index (χ0n) is 13.1. The van der Waals surface area contributed by atoms with Gasteiger partial charge in [0.2, 0.25) is 0 Å². The zero-order valence-corrected chi connectivity index (χ0v) is 13.9. The maximum absolute atomic E-state index is 11.6.